The molecule has 0 saturated carbocycles. The highest BCUT2D eigenvalue weighted by Gasteiger charge is 2.21. The van der Waals surface area contributed by atoms with E-state index in [0.29, 0.717) is 18.8 Å². The summed E-state index contributed by atoms with van der Waals surface area (Å²) in [5, 5.41) is 2.71. The molecule has 0 aliphatic carbocycles. The minimum Gasteiger partial charge on any atom is -0.497 e. The Morgan fingerprint density at radius 2 is 1.63 bits per heavy atom. The van der Waals surface area contributed by atoms with Crippen molar-refractivity contribution >= 4 is 27.7 Å². The molecule has 0 aliphatic heterocycles. The SMILES string of the molecule is CCN(CC)S(=O)(=O)c1ccc(NC(=O)/C=C/c2ccc(OC)cc2)cc1. The molecule has 2 aromatic carbocycles. The monoisotopic (exact) mass is 388 g/mol. The highest BCUT2D eigenvalue weighted by atomic mass is 32.2. The molecule has 0 atom stereocenters. The number of carbonyl (C=O) groups excluding carboxylic acids is 1. The first-order valence-electron chi connectivity index (χ1n) is 8.64. The average Bonchev–Trinajstić information content (AvgIpc) is 2.68. The molecule has 1 N–H and O–H groups in total. The van der Waals surface area contributed by atoms with Crippen molar-refractivity contribution in [1.82, 2.24) is 4.31 Å². The van der Waals surface area contributed by atoms with Crippen molar-refractivity contribution in [3.8, 4) is 5.75 Å². The van der Waals surface area contributed by atoms with E-state index in [9.17, 15) is 13.2 Å². The standard InChI is InChI=1S/C20H24N2O4S/c1-4-22(5-2)27(24,25)19-13-9-17(10-14-19)21-20(23)15-8-16-6-11-18(26-3)12-7-16/h6-15H,4-5H2,1-3H3,(H,21,23)/b15-8+. The first-order chi connectivity index (χ1) is 12.9. The van der Waals surface area contributed by atoms with Crippen molar-refractivity contribution in [2.45, 2.75) is 18.7 Å². The number of hydrogen-bond donors (Lipinski definition) is 1. The molecule has 0 radical (unpaired) electrons. The molecule has 144 valence electrons. The van der Waals surface area contributed by atoms with Crippen LogP contribution in [0.2, 0.25) is 0 Å². The Morgan fingerprint density at radius 3 is 2.15 bits per heavy atom. The van der Waals surface area contributed by atoms with E-state index in [2.05, 4.69) is 5.32 Å². The van der Waals surface area contributed by atoms with Crippen LogP contribution >= 0.6 is 0 Å². The van der Waals surface area contributed by atoms with Crippen molar-refractivity contribution in [3.63, 3.8) is 0 Å². The molecule has 2 rings (SSSR count). The smallest absolute Gasteiger partial charge is 0.248 e. The van der Waals surface area contributed by atoms with Crippen LogP contribution in [0.15, 0.2) is 59.5 Å². The van der Waals surface area contributed by atoms with Gasteiger partial charge in [-0.25, -0.2) is 8.42 Å². The Balaban J connectivity index is 2.03. The zero-order valence-corrected chi connectivity index (χ0v) is 16.5. The maximum absolute atomic E-state index is 12.5. The van der Waals surface area contributed by atoms with Gasteiger partial charge in [0.1, 0.15) is 5.75 Å². The van der Waals surface area contributed by atoms with Gasteiger partial charge in [-0.05, 0) is 48.0 Å². The first-order valence-corrected chi connectivity index (χ1v) is 10.1. The Labute approximate surface area is 160 Å². The van der Waals surface area contributed by atoms with Crippen LogP contribution in [0.25, 0.3) is 6.08 Å². The minimum absolute atomic E-state index is 0.206. The number of nitrogens with zero attached hydrogens (tertiary/aromatic N) is 1. The van der Waals surface area contributed by atoms with Gasteiger partial charge in [-0.15, -0.1) is 0 Å². The van der Waals surface area contributed by atoms with Crippen LogP contribution in [-0.2, 0) is 14.8 Å². The Hall–Kier alpha value is -2.64. The lowest BCUT2D eigenvalue weighted by molar-refractivity contribution is -0.111. The fourth-order valence-electron chi connectivity index (χ4n) is 2.49. The van der Waals surface area contributed by atoms with E-state index in [1.54, 1.807) is 39.2 Å². The zero-order chi connectivity index (χ0) is 19.9. The first kappa shape index (κ1) is 20.7. The predicted molar refractivity (Wildman–Crippen MR) is 107 cm³/mol. The summed E-state index contributed by atoms with van der Waals surface area (Å²) in [5.74, 6) is 0.446. The van der Waals surface area contributed by atoms with Gasteiger partial charge in [0, 0.05) is 24.9 Å². The molecule has 27 heavy (non-hydrogen) atoms. The normalized spacial score (nSPS) is 11.7. The molecule has 0 heterocycles. The van der Waals surface area contributed by atoms with Gasteiger partial charge in [0.25, 0.3) is 0 Å². The number of anilines is 1. The second-order valence-electron chi connectivity index (χ2n) is 5.71. The summed E-state index contributed by atoms with van der Waals surface area (Å²) in [5.41, 5.74) is 1.39. The van der Waals surface area contributed by atoms with E-state index in [-0.39, 0.29) is 10.8 Å². The average molecular weight is 388 g/mol. The topological polar surface area (TPSA) is 75.7 Å². The summed E-state index contributed by atoms with van der Waals surface area (Å²) < 4.78 is 31.4. The number of sulfonamides is 1. The van der Waals surface area contributed by atoms with Crippen LogP contribution in [0.4, 0.5) is 5.69 Å². The number of ether oxygens (including phenoxy) is 1. The fourth-order valence-corrected chi connectivity index (χ4v) is 3.95. The van der Waals surface area contributed by atoms with E-state index in [1.165, 1.54) is 22.5 Å². The molecule has 2 aromatic rings. The third-order valence-corrected chi connectivity index (χ3v) is 6.07. The van der Waals surface area contributed by atoms with Crippen molar-refractivity contribution in [3.05, 3.63) is 60.2 Å². The summed E-state index contributed by atoms with van der Waals surface area (Å²) in [6.07, 6.45) is 3.11. The molecule has 1 amide bonds. The number of nitrogens with one attached hydrogen (secondary N) is 1. The van der Waals surface area contributed by atoms with Crippen molar-refractivity contribution < 1.29 is 17.9 Å². The molecule has 0 aliphatic rings. The fraction of sp³-hybridized carbons (Fsp3) is 0.250. The van der Waals surface area contributed by atoms with Gasteiger partial charge < -0.3 is 10.1 Å². The number of amides is 1. The lowest BCUT2D eigenvalue weighted by Crippen LogP contribution is -2.30. The highest BCUT2D eigenvalue weighted by molar-refractivity contribution is 7.89. The van der Waals surface area contributed by atoms with E-state index < -0.39 is 10.0 Å². The third-order valence-electron chi connectivity index (χ3n) is 4.01. The van der Waals surface area contributed by atoms with Crippen LogP contribution in [0.1, 0.15) is 19.4 Å². The second kappa shape index (κ2) is 9.34. The van der Waals surface area contributed by atoms with E-state index in [1.807, 2.05) is 24.3 Å². The molecular formula is C20H24N2O4S. The molecule has 0 aromatic heterocycles. The number of methoxy groups -OCH3 is 1. The maximum atomic E-state index is 12.5. The second-order valence-corrected chi connectivity index (χ2v) is 7.65. The largest absolute Gasteiger partial charge is 0.497 e. The quantitative estimate of drug-likeness (QED) is 0.704. The van der Waals surface area contributed by atoms with Crippen LogP contribution < -0.4 is 10.1 Å². The zero-order valence-electron chi connectivity index (χ0n) is 15.7. The van der Waals surface area contributed by atoms with Gasteiger partial charge in [-0.2, -0.15) is 4.31 Å². The van der Waals surface area contributed by atoms with Crippen LogP contribution in [-0.4, -0.2) is 38.8 Å². The lowest BCUT2D eigenvalue weighted by atomic mass is 10.2. The molecule has 0 unspecified atom stereocenters. The lowest BCUT2D eigenvalue weighted by Gasteiger charge is -2.18. The Kier molecular flexibility index (Phi) is 7.15. The van der Waals surface area contributed by atoms with Crippen LogP contribution in [0, 0.1) is 0 Å². The number of benzene rings is 2. The third kappa shape index (κ3) is 5.42. The van der Waals surface area contributed by atoms with Crippen molar-refractivity contribution in [2.24, 2.45) is 0 Å². The molecule has 0 bridgehead atoms. The Bertz CT molecular complexity index is 885. The molecule has 7 heteroatoms. The molecule has 0 spiro atoms. The summed E-state index contributed by atoms with van der Waals surface area (Å²) in [7, 11) is -1.91. The van der Waals surface area contributed by atoms with Gasteiger partial charge in [0.2, 0.25) is 15.9 Å². The van der Waals surface area contributed by atoms with Gasteiger partial charge in [-0.3, -0.25) is 4.79 Å². The highest BCUT2D eigenvalue weighted by Crippen LogP contribution is 2.18. The summed E-state index contributed by atoms with van der Waals surface area (Å²) in [6.45, 7) is 4.41. The minimum atomic E-state index is -3.50. The maximum Gasteiger partial charge on any atom is 0.248 e. The van der Waals surface area contributed by atoms with Crippen molar-refractivity contribution in [2.75, 3.05) is 25.5 Å². The predicted octanol–water partition coefficient (Wildman–Crippen LogP) is 3.38. The van der Waals surface area contributed by atoms with E-state index in [0.717, 1.165) is 11.3 Å². The van der Waals surface area contributed by atoms with Gasteiger partial charge in [0.15, 0.2) is 0 Å². The molecule has 0 saturated heterocycles. The summed E-state index contributed by atoms with van der Waals surface area (Å²) >= 11 is 0. The number of carbonyl (C=O) groups is 1. The molecule has 0 fully saturated rings. The van der Waals surface area contributed by atoms with Crippen LogP contribution in [0.5, 0.6) is 5.75 Å². The summed E-state index contributed by atoms with van der Waals surface area (Å²) in [6, 6.07) is 13.5. The molecular weight excluding hydrogens is 364 g/mol. The van der Waals surface area contributed by atoms with E-state index >= 15 is 0 Å². The van der Waals surface area contributed by atoms with Gasteiger partial charge in [-0.1, -0.05) is 26.0 Å². The molecule has 6 nitrogen and oxygen atoms in total. The number of rotatable bonds is 8. The Morgan fingerprint density at radius 1 is 1.04 bits per heavy atom. The van der Waals surface area contributed by atoms with Crippen LogP contribution in [0.3, 0.4) is 0 Å². The van der Waals surface area contributed by atoms with E-state index in [4.69, 9.17) is 4.74 Å². The van der Waals surface area contributed by atoms with Crippen molar-refractivity contribution in [1.29, 1.82) is 0 Å². The van der Waals surface area contributed by atoms with Gasteiger partial charge in [0.05, 0.1) is 12.0 Å². The number of hydrogen-bond acceptors (Lipinski definition) is 4. The summed E-state index contributed by atoms with van der Waals surface area (Å²) in [4.78, 5) is 12.2. The van der Waals surface area contributed by atoms with Gasteiger partial charge >= 0.3 is 0 Å².